The van der Waals surface area contributed by atoms with Gasteiger partial charge in [-0.1, -0.05) is 0 Å². The van der Waals surface area contributed by atoms with Gasteiger partial charge in [0.05, 0.1) is 31.4 Å². The van der Waals surface area contributed by atoms with Crippen molar-refractivity contribution in [2.24, 2.45) is 5.73 Å². The fourth-order valence-electron chi connectivity index (χ4n) is 2.31. The Morgan fingerprint density at radius 1 is 1.05 bits per heavy atom. The lowest BCUT2D eigenvalue weighted by atomic mass is 9.74. The highest BCUT2D eigenvalue weighted by atomic mass is 19.1. The van der Waals surface area contributed by atoms with Crippen molar-refractivity contribution in [3.8, 4) is 11.5 Å². The number of halogens is 1. The first-order valence-electron chi connectivity index (χ1n) is 7.15. The molecule has 7 heteroatoms. The standard InChI is InChI=1S/C15H23BFNO4/c1-14(2)15(3,4)22-16(21-14)13(18)9-7-11(19-5)12(20-6)8-10(9)17/h7-8,13H,18H2,1-6H3/t13-/m0/s1. The van der Waals surface area contributed by atoms with Gasteiger partial charge in [-0.2, -0.15) is 0 Å². The SMILES string of the molecule is COc1cc(F)c([C@H](N)B2OC(C)(C)C(C)(C)O2)cc1OC. The van der Waals surface area contributed by atoms with Crippen molar-refractivity contribution in [2.45, 2.75) is 44.8 Å². The van der Waals surface area contributed by atoms with Crippen LogP contribution in [0.2, 0.25) is 0 Å². The summed E-state index contributed by atoms with van der Waals surface area (Å²) < 4.78 is 36.3. The van der Waals surface area contributed by atoms with Gasteiger partial charge in [0.2, 0.25) is 0 Å². The zero-order valence-electron chi connectivity index (χ0n) is 13.9. The van der Waals surface area contributed by atoms with E-state index in [9.17, 15) is 4.39 Å². The first-order valence-corrected chi connectivity index (χ1v) is 7.15. The van der Waals surface area contributed by atoms with Crippen molar-refractivity contribution in [3.63, 3.8) is 0 Å². The maximum Gasteiger partial charge on any atom is 0.480 e. The summed E-state index contributed by atoms with van der Waals surface area (Å²) in [5.74, 6) is -0.545. The van der Waals surface area contributed by atoms with Gasteiger partial charge in [0, 0.05) is 11.6 Å². The second-order valence-electron chi connectivity index (χ2n) is 6.38. The average Bonchev–Trinajstić information content (AvgIpc) is 2.66. The third kappa shape index (κ3) is 2.80. The molecule has 0 aliphatic carbocycles. The lowest BCUT2D eigenvalue weighted by Crippen LogP contribution is -2.41. The van der Waals surface area contributed by atoms with Crippen molar-refractivity contribution >= 4 is 7.12 Å². The molecule has 122 valence electrons. The van der Waals surface area contributed by atoms with Crippen LogP contribution in [0.5, 0.6) is 11.5 Å². The summed E-state index contributed by atoms with van der Waals surface area (Å²) >= 11 is 0. The van der Waals surface area contributed by atoms with E-state index in [0.29, 0.717) is 11.5 Å². The van der Waals surface area contributed by atoms with Gasteiger partial charge in [-0.15, -0.1) is 0 Å². The fraction of sp³-hybridized carbons (Fsp3) is 0.600. The van der Waals surface area contributed by atoms with Crippen LogP contribution in [0.25, 0.3) is 0 Å². The highest BCUT2D eigenvalue weighted by Crippen LogP contribution is 2.41. The third-order valence-corrected chi connectivity index (χ3v) is 4.43. The molecule has 1 aliphatic rings. The van der Waals surface area contributed by atoms with E-state index in [-0.39, 0.29) is 5.56 Å². The first-order chi connectivity index (χ1) is 10.1. The number of nitrogens with two attached hydrogens (primary N) is 1. The predicted molar refractivity (Wildman–Crippen MR) is 82.5 cm³/mol. The molecule has 0 radical (unpaired) electrons. The minimum Gasteiger partial charge on any atom is -0.493 e. The van der Waals surface area contributed by atoms with Gasteiger partial charge in [-0.3, -0.25) is 0 Å². The van der Waals surface area contributed by atoms with Crippen molar-refractivity contribution in [3.05, 3.63) is 23.5 Å². The minimum atomic E-state index is -0.777. The quantitative estimate of drug-likeness (QED) is 0.866. The molecule has 1 heterocycles. The molecule has 1 atom stereocenters. The largest absolute Gasteiger partial charge is 0.493 e. The Kier molecular flexibility index (Phi) is 4.43. The summed E-state index contributed by atoms with van der Waals surface area (Å²) in [6, 6.07) is 2.77. The van der Waals surface area contributed by atoms with E-state index < -0.39 is 30.1 Å². The topological polar surface area (TPSA) is 62.9 Å². The van der Waals surface area contributed by atoms with Crippen molar-refractivity contribution in [1.29, 1.82) is 0 Å². The zero-order valence-corrected chi connectivity index (χ0v) is 13.9. The Balaban J connectivity index is 2.33. The van der Waals surface area contributed by atoms with Gasteiger partial charge in [-0.25, -0.2) is 4.39 Å². The molecule has 1 aromatic rings. The van der Waals surface area contributed by atoms with Gasteiger partial charge in [-0.05, 0) is 33.8 Å². The Bertz CT molecular complexity index is 549. The van der Waals surface area contributed by atoms with Crippen molar-refractivity contribution in [2.75, 3.05) is 14.2 Å². The third-order valence-electron chi connectivity index (χ3n) is 4.43. The van der Waals surface area contributed by atoms with Crippen LogP contribution >= 0.6 is 0 Å². The van der Waals surface area contributed by atoms with Gasteiger partial charge in [0.25, 0.3) is 0 Å². The van der Waals surface area contributed by atoms with E-state index in [1.807, 2.05) is 27.7 Å². The van der Waals surface area contributed by atoms with Gasteiger partial charge in [0.1, 0.15) is 5.82 Å². The lowest BCUT2D eigenvalue weighted by Gasteiger charge is -2.32. The number of ether oxygens (including phenoxy) is 2. The number of benzene rings is 1. The summed E-state index contributed by atoms with van der Waals surface area (Å²) in [6.07, 6.45) is 0. The Hall–Kier alpha value is -1.31. The number of hydrogen-bond acceptors (Lipinski definition) is 5. The van der Waals surface area contributed by atoms with Crippen molar-refractivity contribution in [1.82, 2.24) is 0 Å². The second kappa shape index (κ2) is 5.72. The molecule has 1 aliphatic heterocycles. The Morgan fingerprint density at radius 2 is 1.50 bits per heavy atom. The molecule has 5 nitrogen and oxygen atoms in total. The molecule has 2 rings (SSSR count). The number of rotatable bonds is 4. The molecule has 0 aromatic heterocycles. The number of methoxy groups -OCH3 is 2. The molecular weight excluding hydrogens is 288 g/mol. The van der Waals surface area contributed by atoms with E-state index in [0.717, 1.165) is 0 Å². The molecule has 0 amide bonds. The predicted octanol–water partition coefficient (Wildman–Crippen LogP) is 2.47. The monoisotopic (exact) mass is 311 g/mol. The summed E-state index contributed by atoms with van der Waals surface area (Å²) in [4.78, 5) is 0. The summed E-state index contributed by atoms with van der Waals surface area (Å²) in [5, 5.41) is 0. The summed E-state index contributed by atoms with van der Waals surface area (Å²) in [6.45, 7) is 7.69. The normalized spacial score (nSPS) is 20.8. The van der Waals surface area contributed by atoms with Crippen LogP contribution in [0, 0.1) is 5.82 Å². The molecule has 1 fully saturated rings. The average molecular weight is 311 g/mol. The van der Waals surface area contributed by atoms with Gasteiger partial charge >= 0.3 is 7.12 Å². The molecule has 0 bridgehead atoms. The van der Waals surface area contributed by atoms with E-state index in [1.54, 1.807) is 0 Å². The molecule has 0 unspecified atom stereocenters. The van der Waals surface area contributed by atoms with Crippen molar-refractivity contribution < 1.29 is 23.2 Å². The molecule has 1 saturated heterocycles. The van der Waals surface area contributed by atoms with E-state index >= 15 is 0 Å². The molecule has 1 aromatic carbocycles. The fourth-order valence-corrected chi connectivity index (χ4v) is 2.31. The minimum absolute atomic E-state index is 0.260. The maximum absolute atomic E-state index is 14.3. The molecule has 0 spiro atoms. The molecule has 0 saturated carbocycles. The first kappa shape index (κ1) is 17.1. The highest BCUT2D eigenvalue weighted by molar-refractivity contribution is 6.47. The Labute approximate surface area is 131 Å². The van der Waals surface area contributed by atoms with Crippen LogP contribution in [-0.4, -0.2) is 32.5 Å². The van der Waals surface area contributed by atoms with E-state index in [4.69, 9.17) is 24.5 Å². The zero-order chi connectivity index (χ0) is 16.7. The van der Waals surface area contributed by atoms with Crippen LogP contribution in [0.4, 0.5) is 4.39 Å². The van der Waals surface area contributed by atoms with Crippen LogP contribution in [0.1, 0.15) is 39.2 Å². The van der Waals surface area contributed by atoms with Crippen LogP contribution in [0.15, 0.2) is 12.1 Å². The second-order valence-corrected chi connectivity index (χ2v) is 6.38. The Morgan fingerprint density at radius 3 is 1.95 bits per heavy atom. The van der Waals surface area contributed by atoms with Crippen LogP contribution < -0.4 is 15.2 Å². The van der Waals surface area contributed by atoms with Crippen LogP contribution in [0.3, 0.4) is 0 Å². The van der Waals surface area contributed by atoms with Gasteiger partial charge in [0.15, 0.2) is 11.5 Å². The summed E-state index contributed by atoms with van der Waals surface area (Å²) in [5.41, 5.74) is 5.38. The highest BCUT2D eigenvalue weighted by Gasteiger charge is 2.53. The molecular formula is C15H23BFNO4. The van der Waals surface area contributed by atoms with Gasteiger partial charge < -0.3 is 24.5 Å². The molecule has 22 heavy (non-hydrogen) atoms. The smallest absolute Gasteiger partial charge is 0.480 e. The van der Waals surface area contributed by atoms with E-state index in [2.05, 4.69) is 0 Å². The van der Waals surface area contributed by atoms with Crippen LogP contribution in [-0.2, 0) is 9.31 Å². The number of hydrogen-bond donors (Lipinski definition) is 1. The maximum atomic E-state index is 14.3. The summed E-state index contributed by atoms with van der Waals surface area (Å²) in [7, 11) is 2.20. The van der Waals surface area contributed by atoms with E-state index in [1.165, 1.54) is 26.4 Å². The molecule has 2 N–H and O–H groups in total. The lowest BCUT2D eigenvalue weighted by molar-refractivity contribution is 0.00578.